The molecule has 1 aliphatic carbocycles. The van der Waals surface area contributed by atoms with Crippen LogP contribution in [0.25, 0.3) is 0 Å². The second kappa shape index (κ2) is 5.76. The number of thiazole rings is 1. The monoisotopic (exact) mass is 319 g/mol. The summed E-state index contributed by atoms with van der Waals surface area (Å²) in [6, 6.07) is 0. The van der Waals surface area contributed by atoms with Gasteiger partial charge >= 0.3 is 6.18 Å². The predicted molar refractivity (Wildman–Crippen MR) is 77.8 cm³/mol. The van der Waals surface area contributed by atoms with Crippen LogP contribution >= 0.6 is 11.3 Å². The molecule has 1 aliphatic heterocycles. The Kier molecular flexibility index (Phi) is 4.14. The third-order valence-corrected chi connectivity index (χ3v) is 5.38. The lowest BCUT2D eigenvalue weighted by Crippen LogP contribution is -2.38. The zero-order valence-corrected chi connectivity index (χ0v) is 12.9. The summed E-state index contributed by atoms with van der Waals surface area (Å²) in [6.07, 6.45) is -1.30. The molecule has 0 atom stereocenters. The molecule has 0 spiro atoms. The number of piperidine rings is 1. The quantitative estimate of drug-likeness (QED) is 0.920. The maximum atomic E-state index is 12.7. The van der Waals surface area contributed by atoms with Crippen LogP contribution in [0.1, 0.15) is 42.2 Å². The number of halogens is 3. The zero-order chi connectivity index (χ0) is 15.0. The van der Waals surface area contributed by atoms with Gasteiger partial charge in [0.15, 0.2) is 5.13 Å². The lowest BCUT2D eigenvalue weighted by molar-refractivity contribution is -0.179. The van der Waals surface area contributed by atoms with Crippen molar-refractivity contribution in [2.45, 2.75) is 44.3 Å². The Morgan fingerprint density at radius 3 is 2.43 bits per heavy atom. The number of nitrogens with one attached hydrogen (secondary N) is 1. The van der Waals surface area contributed by atoms with Crippen molar-refractivity contribution in [1.82, 2.24) is 10.3 Å². The van der Waals surface area contributed by atoms with Crippen LogP contribution in [0.4, 0.5) is 18.3 Å². The molecule has 1 saturated heterocycles. The fraction of sp³-hybridized carbons (Fsp3) is 0.786. The number of aromatic nitrogens is 1. The highest BCUT2D eigenvalue weighted by atomic mass is 32.1. The van der Waals surface area contributed by atoms with E-state index >= 15 is 0 Å². The van der Waals surface area contributed by atoms with Crippen molar-refractivity contribution in [3.63, 3.8) is 0 Å². The van der Waals surface area contributed by atoms with Crippen molar-refractivity contribution in [2.75, 3.05) is 25.0 Å². The average Bonchev–Trinajstić information content (AvgIpc) is 3.20. The van der Waals surface area contributed by atoms with Crippen molar-refractivity contribution in [3.05, 3.63) is 10.6 Å². The molecule has 21 heavy (non-hydrogen) atoms. The molecule has 0 radical (unpaired) electrons. The normalized spacial score (nSPS) is 21.0. The highest BCUT2D eigenvalue weighted by Crippen LogP contribution is 2.45. The van der Waals surface area contributed by atoms with Crippen molar-refractivity contribution >= 4 is 16.5 Å². The molecule has 3 nitrogen and oxygen atoms in total. The van der Waals surface area contributed by atoms with E-state index in [4.69, 9.17) is 4.98 Å². The Bertz CT molecular complexity index is 488. The number of hydrogen-bond donors (Lipinski definition) is 1. The summed E-state index contributed by atoms with van der Waals surface area (Å²) in [5.41, 5.74) is 1.17. The van der Waals surface area contributed by atoms with E-state index in [1.807, 2.05) is 11.9 Å². The second-order valence-electron chi connectivity index (χ2n) is 5.91. The Morgan fingerprint density at radius 2 is 1.90 bits per heavy atom. The smallest absolute Gasteiger partial charge is 0.348 e. The van der Waals surface area contributed by atoms with Gasteiger partial charge in [-0.15, -0.1) is 11.3 Å². The van der Waals surface area contributed by atoms with Gasteiger partial charge in [-0.05, 0) is 32.7 Å². The van der Waals surface area contributed by atoms with E-state index in [1.54, 1.807) is 11.3 Å². The molecule has 1 N–H and O–H groups in total. The molecule has 0 amide bonds. The second-order valence-corrected chi connectivity index (χ2v) is 6.97. The Balaban J connectivity index is 1.69. The zero-order valence-electron chi connectivity index (χ0n) is 12.0. The van der Waals surface area contributed by atoms with Gasteiger partial charge in [-0.25, -0.2) is 4.98 Å². The standard InChI is InChI=1S/C14H20F3N3S/c1-18-8-11-12(9-2-3-9)19-13(21-11)20-6-4-10(5-7-20)14(15,16)17/h9-10,18H,2-8H2,1H3. The van der Waals surface area contributed by atoms with E-state index in [0.717, 1.165) is 11.7 Å². The summed E-state index contributed by atoms with van der Waals surface area (Å²) in [7, 11) is 1.91. The molecule has 3 rings (SSSR count). The van der Waals surface area contributed by atoms with Crippen LogP contribution in [0.15, 0.2) is 0 Å². The fourth-order valence-corrected chi connectivity index (χ4v) is 4.06. The molecule has 118 valence electrons. The molecule has 2 fully saturated rings. The highest BCUT2D eigenvalue weighted by molar-refractivity contribution is 7.15. The van der Waals surface area contributed by atoms with Crippen LogP contribution < -0.4 is 10.2 Å². The maximum Gasteiger partial charge on any atom is 0.391 e. The minimum absolute atomic E-state index is 0.184. The van der Waals surface area contributed by atoms with Crippen LogP contribution in [0.5, 0.6) is 0 Å². The van der Waals surface area contributed by atoms with Gasteiger partial charge in [-0.2, -0.15) is 13.2 Å². The molecule has 1 aromatic rings. The average molecular weight is 319 g/mol. The van der Waals surface area contributed by atoms with Crippen molar-refractivity contribution < 1.29 is 13.2 Å². The first-order chi connectivity index (χ1) is 9.99. The summed E-state index contributed by atoms with van der Waals surface area (Å²) in [5, 5.41) is 4.06. The van der Waals surface area contributed by atoms with Gasteiger partial charge in [0.05, 0.1) is 11.6 Å². The molecule has 2 aliphatic rings. The topological polar surface area (TPSA) is 28.2 Å². The predicted octanol–water partition coefficient (Wildman–Crippen LogP) is 3.52. The van der Waals surface area contributed by atoms with Gasteiger partial charge in [0.2, 0.25) is 0 Å². The van der Waals surface area contributed by atoms with Gasteiger partial charge in [0.25, 0.3) is 0 Å². The maximum absolute atomic E-state index is 12.7. The molecule has 2 heterocycles. The Labute approximate surface area is 126 Å². The number of alkyl halides is 3. The van der Waals surface area contributed by atoms with E-state index in [0.29, 0.717) is 19.0 Å². The fourth-order valence-electron chi connectivity index (χ4n) is 2.85. The van der Waals surface area contributed by atoms with E-state index in [2.05, 4.69) is 5.32 Å². The van der Waals surface area contributed by atoms with Crippen LogP contribution in [0.3, 0.4) is 0 Å². The minimum Gasteiger partial charge on any atom is -0.348 e. The van der Waals surface area contributed by atoms with Crippen LogP contribution in [-0.4, -0.2) is 31.3 Å². The summed E-state index contributed by atoms with van der Waals surface area (Å²) in [6.45, 7) is 1.71. The van der Waals surface area contributed by atoms with E-state index in [-0.39, 0.29) is 12.8 Å². The lowest BCUT2D eigenvalue weighted by atomic mass is 9.97. The van der Waals surface area contributed by atoms with Crippen molar-refractivity contribution in [2.24, 2.45) is 5.92 Å². The Morgan fingerprint density at radius 1 is 1.24 bits per heavy atom. The highest BCUT2D eigenvalue weighted by Gasteiger charge is 2.41. The van der Waals surface area contributed by atoms with E-state index in [9.17, 15) is 13.2 Å². The molecule has 1 aromatic heterocycles. The van der Waals surface area contributed by atoms with Crippen molar-refractivity contribution in [3.8, 4) is 0 Å². The lowest BCUT2D eigenvalue weighted by Gasteiger charge is -2.32. The summed E-state index contributed by atoms with van der Waals surface area (Å²) < 4.78 is 38.1. The largest absolute Gasteiger partial charge is 0.391 e. The van der Waals surface area contributed by atoms with Gasteiger partial charge < -0.3 is 10.2 Å². The van der Waals surface area contributed by atoms with Gasteiger partial charge in [0.1, 0.15) is 0 Å². The number of hydrogen-bond acceptors (Lipinski definition) is 4. The first kappa shape index (κ1) is 15.1. The SMILES string of the molecule is CNCc1sc(N2CCC(C(F)(F)F)CC2)nc1C1CC1. The van der Waals surface area contributed by atoms with Crippen LogP contribution in [-0.2, 0) is 6.54 Å². The third kappa shape index (κ3) is 3.34. The number of anilines is 1. The first-order valence-corrected chi connectivity index (χ1v) is 8.26. The summed E-state index contributed by atoms with van der Waals surface area (Å²) in [5.74, 6) is -0.570. The van der Waals surface area contributed by atoms with E-state index in [1.165, 1.54) is 23.4 Å². The summed E-state index contributed by atoms with van der Waals surface area (Å²) >= 11 is 1.64. The minimum atomic E-state index is -4.05. The molecule has 1 saturated carbocycles. The Hall–Kier alpha value is -0.820. The van der Waals surface area contributed by atoms with E-state index < -0.39 is 12.1 Å². The van der Waals surface area contributed by atoms with Gasteiger partial charge in [-0.1, -0.05) is 0 Å². The third-order valence-electron chi connectivity index (χ3n) is 4.25. The van der Waals surface area contributed by atoms with Crippen LogP contribution in [0, 0.1) is 5.92 Å². The molecular weight excluding hydrogens is 299 g/mol. The molecule has 0 aromatic carbocycles. The number of rotatable bonds is 4. The first-order valence-electron chi connectivity index (χ1n) is 7.45. The van der Waals surface area contributed by atoms with Crippen molar-refractivity contribution in [1.29, 1.82) is 0 Å². The molecule has 7 heteroatoms. The van der Waals surface area contributed by atoms with Crippen LogP contribution in [0.2, 0.25) is 0 Å². The number of nitrogens with zero attached hydrogens (tertiary/aromatic N) is 2. The molecule has 0 bridgehead atoms. The molecular formula is C14H20F3N3S. The van der Waals surface area contributed by atoms with Gasteiger partial charge in [-0.3, -0.25) is 0 Å². The summed E-state index contributed by atoms with van der Waals surface area (Å²) in [4.78, 5) is 7.99. The molecule has 0 unspecified atom stereocenters. The van der Waals surface area contributed by atoms with Gasteiger partial charge in [0, 0.05) is 30.4 Å².